The van der Waals surface area contributed by atoms with E-state index in [0.29, 0.717) is 11.7 Å². The Morgan fingerprint density at radius 3 is 2.48 bits per heavy atom. The molecule has 0 radical (unpaired) electrons. The zero-order valence-electron chi connectivity index (χ0n) is 19.6. The van der Waals surface area contributed by atoms with Gasteiger partial charge in [0.05, 0.1) is 17.1 Å². The highest BCUT2D eigenvalue weighted by Crippen LogP contribution is 2.31. The molecule has 1 aromatic carbocycles. The van der Waals surface area contributed by atoms with Gasteiger partial charge in [-0.15, -0.1) is 0 Å². The van der Waals surface area contributed by atoms with E-state index in [4.69, 9.17) is 4.98 Å². The Kier molecular flexibility index (Phi) is 6.27. The third-order valence-corrected chi connectivity index (χ3v) is 7.30. The largest absolute Gasteiger partial charge is 0.354 e. The average Bonchev–Trinajstić information content (AvgIpc) is 3.27. The summed E-state index contributed by atoms with van der Waals surface area (Å²) in [6.07, 6.45) is 4.36. The van der Waals surface area contributed by atoms with Crippen LogP contribution in [0.15, 0.2) is 48.5 Å². The van der Waals surface area contributed by atoms with Crippen LogP contribution in [0.25, 0.3) is 11.0 Å². The van der Waals surface area contributed by atoms with Crippen LogP contribution in [-0.2, 0) is 6.42 Å². The molecule has 0 spiro atoms. The van der Waals surface area contributed by atoms with Crippen molar-refractivity contribution in [3.8, 4) is 0 Å². The third-order valence-electron chi connectivity index (χ3n) is 7.30. The van der Waals surface area contributed by atoms with Crippen LogP contribution < -0.4 is 10.2 Å². The summed E-state index contributed by atoms with van der Waals surface area (Å²) in [4.78, 5) is 27.3. The van der Waals surface area contributed by atoms with Gasteiger partial charge in [-0.05, 0) is 61.1 Å². The van der Waals surface area contributed by atoms with Crippen molar-refractivity contribution in [1.82, 2.24) is 20.2 Å². The lowest BCUT2D eigenvalue weighted by molar-refractivity contribution is 0.0932. The number of amides is 1. The first kappa shape index (κ1) is 21.8. The van der Waals surface area contributed by atoms with Gasteiger partial charge in [-0.2, -0.15) is 0 Å². The van der Waals surface area contributed by atoms with E-state index in [1.54, 1.807) is 6.07 Å². The molecule has 0 bridgehead atoms. The number of pyridine rings is 2. The van der Waals surface area contributed by atoms with Gasteiger partial charge in [0, 0.05) is 32.2 Å². The van der Waals surface area contributed by atoms with Crippen LogP contribution in [0.4, 0.5) is 5.82 Å². The lowest BCUT2D eigenvalue weighted by atomic mass is 10.1. The topological polar surface area (TPSA) is 61.4 Å². The summed E-state index contributed by atoms with van der Waals surface area (Å²) in [7, 11) is 0. The molecule has 1 amide bonds. The summed E-state index contributed by atoms with van der Waals surface area (Å²) in [6, 6.07) is 16.8. The summed E-state index contributed by atoms with van der Waals surface area (Å²) < 4.78 is 0. The Morgan fingerprint density at radius 2 is 1.70 bits per heavy atom. The zero-order chi connectivity index (χ0) is 22.8. The standard InChI is InChI=1S/C27H33N5O/c1-3-20(4-2)31-15-17-32(18-16-31)26-14-13-23-24(29-26)11-12-25(28-23)27(33)30-22-10-9-19-7-5-6-8-21(19)22/h5-8,11-14,20,22H,3-4,9-10,15-18H2,1-2H3,(H,30,33)/t22-/m0/s1. The molecule has 6 heteroatoms. The van der Waals surface area contributed by atoms with Crippen LogP contribution in [0.1, 0.15) is 60.8 Å². The summed E-state index contributed by atoms with van der Waals surface area (Å²) in [5.74, 6) is 0.869. The number of hydrogen-bond acceptors (Lipinski definition) is 5. The second-order valence-electron chi connectivity index (χ2n) is 9.16. The van der Waals surface area contributed by atoms with E-state index in [-0.39, 0.29) is 11.9 Å². The van der Waals surface area contributed by atoms with E-state index in [0.717, 1.165) is 55.9 Å². The quantitative estimate of drug-likeness (QED) is 0.613. The average molecular weight is 444 g/mol. The highest BCUT2D eigenvalue weighted by molar-refractivity contribution is 5.94. The van der Waals surface area contributed by atoms with Gasteiger partial charge in [-0.3, -0.25) is 9.69 Å². The predicted molar refractivity (Wildman–Crippen MR) is 133 cm³/mol. The number of aromatic nitrogens is 2. The molecule has 5 rings (SSSR count). The van der Waals surface area contributed by atoms with Gasteiger partial charge in [0.15, 0.2) is 0 Å². The molecule has 1 fully saturated rings. The van der Waals surface area contributed by atoms with Crippen molar-refractivity contribution in [1.29, 1.82) is 0 Å². The Labute approximate surface area is 196 Å². The minimum absolute atomic E-state index is 0.0605. The monoisotopic (exact) mass is 443 g/mol. The number of carbonyl (C=O) groups excluding carboxylic acids is 1. The second kappa shape index (κ2) is 9.48. The molecule has 33 heavy (non-hydrogen) atoms. The highest BCUT2D eigenvalue weighted by atomic mass is 16.1. The first-order valence-corrected chi connectivity index (χ1v) is 12.3. The normalized spacial score (nSPS) is 18.6. The molecule has 6 nitrogen and oxygen atoms in total. The van der Waals surface area contributed by atoms with E-state index in [1.807, 2.05) is 24.3 Å². The molecule has 172 valence electrons. The lowest BCUT2D eigenvalue weighted by Gasteiger charge is -2.39. The Morgan fingerprint density at radius 1 is 0.970 bits per heavy atom. The smallest absolute Gasteiger partial charge is 0.270 e. The molecule has 0 saturated carbocycles. The maximum atomic E-state index is 12.9. The molecule has 3 aromatic rings. The number of piperazine rings is 1. The number of nitrogens with one attached hydrogen (secondary N) is 1. The van der Waals surface area contributed by atoms with E-state index in [2.05, 4.69) is 52.1 Å². The van der Waals surface area contributed by atoms with Crippen LogP contribution in [0.5, 0.6) is 0 Å². The SMILES string of the molecule is CCC(CC)N1CCN(c2ccc3nc(C(=O)N[C@H]4CCc5ccccc54)ccc3n2)CC1. The van der Waals surface area contributed by atoms with Crippen LogP contribution in [0, 0.1) is 0 Å². The zero-order valence-corrected chi connectivity index (χ0v) is 19.6. The minimum atomic E-state index is -0.125. The molecule has 0 unspecified atom stereocenters. The number of rotatable bonds is 6. The van der Waals surface area contributed by atoms with Gasteiger partial charge in [-0.25, -0.2) is 9.97 Å². The molecule has 1 aliphatic heterocycles. The van der Waals surface area contributed by atoms with Crippen LogP contribution in [0.3, 0.4) is 0 Å². The third kappa shape index (κ3) is 4.44. The molecule has 2 aromatic heterocycles. The maximum Gasteiger partial charge on any atom is 0.270 e. The first-order valence-electron chi connectivity index (χ1n) is 12.3. The molecule has 3 heterocycles. The molecular formula is C27H33N5O. The van der Waals surface area contributed by atoms with Crippen molar-refractivity contribution in [3.05, 3.63) is 65.4 Å². The fourth-order valence-corrected chi connectivity index (χ4v) is 5.36. The molecule has 2 aliphatic rings. The van der Waals surface area contributed by atoms with Crippen LogP contribution >= 0.6 is 0 Å². The summed E-state index contributed by atoms with van der Waals surface area (Å²) in [5, 5.41) is 3.17. The number of fused-ring (bicyclic) bond motifs is 2. The van der Waals surface area contributed by atoms with E-state index < -0.39 is 0 Å². The number of nitrogens with zero attached hydrogens (tertiary/aromatic N) is 4. The molecule has 1 N–H and O–H groups in total. The number of aryl methyl sites for hydroxylation is 1. The van der Waals surface area contributed by atoms with E-state index in [1.165, 1.54) is 24.0 Å². The summed E-state index contributed by atoms with van der Waals surface area (Å²) >= 11 is 0. The number of benzene rings is 1. The van der Waals surface area contributed by atoms with E-state index >= 15 is 0 Å². The van der Waals surface area contributed by atoms with Crippen molar-refractivity contribution in [3.63, 3.8) is 0 Å². The Bertz CT molecular complexity index is 1130. The summed E-state index contributed by atoms with van der Waals surface area (Å²) in [5.41, 5.74) is 4.58. The Balaban J connectivity index is 1.26. The fraction of sp³-hybridized carbons (Fsp3) is 0.444. The van der Waals surface area contributed by atoms with Crippen molar-refractivity contribution < 1.29 is 4.79 Å². The number of hydrogen-bond donors (Lipinski definition) is 1. The summed E-state index contributed by atoms with van der Waals surface area (Å²) in [6.45, 7) is 8.69. The predicted octanol–water partition coefficient (Wildman–Crippen LogP) is 4.36. The van der Waals surface area contributed by atoms with Crippen molar-refractivity contribution >= 4 is 22.8 Å². The minimum Gasteiger partial charge on any atom is -0.354 e. The molecule has 1 atom stereocenters. The van der Waals surface area contributed by atoms with Gasteiger partial charge < -0.3 is 10.2 Å². The van der Waals surface area contributed by atoms with Gasteiger partial charge >= 0.3 is 0 Å². The number of anilines is 1. The second-order valence-corrected chi connectivity index (χ2v) is 9.16. The van der Waals surface area contributed by atoms with E-state index in [9.17, 15) is 4.79 Å². The van der Waals surface area contributed by atoms with Crippen molar-refractivity contribution in [2.45, 2.75) is 51.6 Å². The molecule has 1 aliphatic carbocycles. The van der Waals surface area contributed by atoms with Crippen LogP contribution in [0.2, 0.25) is 0 Å². The van der Waals surface area contributed by atoms with Gasteiger partial charge in [0.25, 0.3) is 5.91 Å². The van der Waals surface area contributed by atoms with Gasteiger partial charge in [-0.1, -0.05) is 38.1 Å². The van der Waals surface area contributed by atoms with Gasteiger partial charge in [0.2, 0.25) is 0 Å². The number of carbonyl (C=O) groups is 1. The van der Waals surface area contributed by atoms with Crippen LogP contribution in [-0.4, -0.2) is 53.0 Å². The maximum absolute atomic E-state index is 12.9. The van der Waals surface area contributed by atoms with Crippen molar-refractivity contribution in [2.24, 2.45) is 0 Å². The first-order chi connectivity index (χ1) is 16.2. The Hall–Kier alpha value is -2.99. The molecular weight excluding hydrogens is 410 g/mol. The highest BCUT2D eigenvalue weighted by Gasteiger charge is 2.25. The lowest BCUT2D eigenvalue weighted by Crippen LogP contribution is -2.50. The molecule has 1 saturated heterocycles. The fourth-order valence-electron chi connectivity index (χ4n) is 5.36. The van der Waals surface area contributed by atoms with Gasteiger partial charge in [0.1, 0.15) is 11.5 Å². The van der Waals surface area contributed by atoms with Crippen molar-refractivity contribution in [2.75, 3.05) is 31.1 Å².